The molecule has 0 amide bonds. The van der Waals surface area contributed by atoms with Crippen LogP contribution < -0.4 is 16.0 Å². The van der Waals surface area contributed by atoms with Gasteiger partial charge in [0.15, 0.2) is 0 Å². The number of hydrogen-bond donors (Lipinski definition) is 2. The van der Waals surface area contributed by atoms with Crippen molar-refractivity contribution in [1.82, 2.24) is 5.43 Å². The Hall–Kier alpha value is -1.27. The summed E-state index contributed by atoms with van der Waals surface area (Å²) in [6, 6.07) is 1.92. The highest BCUT2D eigenvalue weighted by Crippen LogP contribution is 2.29. The molecule has 6 heteroatoms. The number of halogens is 3. The monoisotopic (exact) mass is 220 g/mol. The summed E-state index contributed by atoms with van der Waals surface area (Å²) in [5.74, 6) is 4.52. The molecule has 0 saturated carbocycles. The van der Waals surface area contributed by atoms with E-state index in [9.17, 15) is 13.2 Å². The van der Waals surface area contributed by atoms with E-state index >= 15 is 0 Å². The van der Waals surface area contributed by atoms with Gasteiger partial charge in [0.2, 0.25) is 0 Å². The van der Waals surface area contributed by atoms with Gasteiger partial charge < -0.3 is 4.74 Å². The summed E-state index contributed by atoms with van der Waals surface area (Å²) in [4.78, 5) is 0. The van der Waals surface area contributed by atoms with Crippen LogP contribution in [0.3, 0.4) is 0 Å². The molecule has 0 fully saturated rings. The number of ether oxygens (including phenoxy) is 1. The lowest BCUT2D eigenvalue weighted by Crippen LogP contribution is -2.33. The molecule has 0 saturated heterocycles. The Morgan fingerprint density at radius 1 is 1.40 bits per heavy atom. The number of nitrogens with two attached hydrogens (primary N) is 1. The molecule has 1 aromatic carbocycles. The molecule has 15 heavy (non-hydrogen) atoms. The molecule has 0 spiro atoms. The number of benzene rings is 1. The van der Waals surface area contributed by atoms with Gasteiger partial charge >= 0.3 is 0 Å². The lowest BCUT2D eigenvalue weighted by atomic mass is 10.1. The third-order valence-electron chi connectivity index (χ3n) is 1.96. The van der Waals surface area contributed by atoms with Crippen molar-refractivity contribution < 1.29 is 17.9 Å². The zero-order valence-corrected chi connectivity index (χ0v) is 8.01. The van der Waals surface area contributed by atoms with E-state index in [1.807, 2.05) is 5.43 Å². The van der Waals surface area contributed by atoms with Crippen molar-refractivity contribution in [1.29, 1.82) is 0 Å². The van der Waals surface area contributed by atoms with Gasteiger partial charge in [-0.1, -0.05) is 0 Å². The third-order valence-corrected chi connectivity index (χ3v) is 1.96. The Balaban J connectivity index is 3.13. The number of nitrogens with one attached hydrogen (secondary N) is 1. The molecular weight excluding hydrogens is 209 g/mol. The summed E-state index contributed by atoms with van der Waals surface area (Å²) in [6.07, 6.45) is -2.74. The normalized spacial score (nSPS) is 12.9. The van der Waals surface area contributed by atoms with E-state index in [0.717, 1.165) is 12.1 Å². The average Bonchev–Trinajstić information content (AvgIpc) is 2.18. The van der Waals surface area contributed by atoms with Gasteiger partial charge in [-0.2, -0.15) is 0 Å². The van der Waals surface area contributed by atoms with Gasteiger partial charge in [0, 0.05) is 5.56 Å². The van der Waals surface area contributed by atoms with Gasteiger partial charge in [0.25, 0.3) is 6.43 Å². The van der Waals surface area contributed by atoms with Crippen LogP contribution in [0.4, 0.5) is 13.2 Å². The second kappa shape index (κ2) is 4.99. The van der Waals surface area contributed by atoms with Crippen molar-refractivity contribution >= 4 is 0 Å². The molecule has 3 nitrogen and oxygen atoms in total. The Morgan fingerprint density at radius 2 is 2.07 bits per heavy atom. The Kier molecular flexibility index (Phi) is 3.93. The summed E-state index contributed by atoms with van der Waals surface area (Å²) in [6.45, 7) is 0. The zero-order chi connectivity index (χ0) is 11.4. The van der Waals surface area contributed by atoms with Crippen molar-refractivity contribution in [2.45, 2.75) is 12.5 Å². The fourth-order valence-corrected chi connectivity index (χ4v) is 1.25. The summed E-state index contributed by atoms with van der Waals surface area (Å²) in [5.41, 5.74) is 1.92. The molecule has 0 radical (unpaired) electrons. The van der Waals surface area contributed by atoms with Crippen LogP contribution in [-0.2, 0) is 0 Å². The van der Waals surface area contributed by atoms with Gasteiger partial charge in [-0.15, -0.1) is 0 Å². The average molecular weight is 220 g/mol. The number of methoxy groups -OCH3 is 1. The van der Waals surface area contributed by atoms with Crippen molar-refractivity contribution in [2.24, 2.45) is 5.84 Å². The number of alkyl halides is 2. The fourth-order valence-electron chi connectivity index (χ4n) is 1.25. The van der Waals surface area contributed by atoms with Gasteiger partial charge in [-0.05, 0) is 18.2 Å². The predicted molar refractivity (Wildman–Crippen MR) is 49.0 cm³/mol. The first-order valence-corrected chi connectivity index (χ1v) is 4.18. The molecule has 84 valence electrons. The molecule has 1 aromatic rings. The molecule has 1 atom stereocenters. The highest BCUT2D eigenvalue weighted by Gasteiger charge is 2.24. The van der Waals surface area contributed by atoms with Crippen LogP contribution in [0, 0.1) is 5.82 Å². The summed E-state index contributed by atoms with van der Waals surface area (Å²) in [7, 11) is 1.32. The van der Waals surface area contributed by atoms with E-state index in [-0.39, 0.29) is 11.3 Å². The fraction of sp³-hybridized carbons (Fsp3) is 0.333. The standard InChI is InChI=1S/C9H11F3N2O/c1-15-7-3-2-5(10)4-6(7)8(14-13)9(11)12/h2-4,8-9,14H,13H2,1H3. The van der Waals surface area contributed by atoms with E-state index in [1.165, 1.54) is 13.2 Å². The molecule has 3 N–H and O–H groups in total. The molecule has 1 rings (SSSR count). The van der Waals surface area contributed by atoms with Crippen molar-refractivity contribution in [3.8, 4) is 5.75 Å². The van der Waals surface area contributed by atoms with E-state index in [1.54, 1.807) is 0 Å². The molecule has 0 aliphatic heterocycles. The molecule has 0 bridgehead atoms. The van der Waals surface area contributed by atoms with Crippen LogP contribution in [0.2, 0.25) is 0 Å². The van der Waals surface area contributed by atoms with E-state index in [2.05, 4.69) is 0 Å². The number of rotatable bonds is 4. The largest absolute Gasteiger partial charge is 0.496 e. The maximum Gasteiger partial charge on any atom is 0.259 e. The van der Waals surface area contributed by atoms with Crippen LogP contribution in [-0.4, -0.2) is 13.5 Å². The summed E-state index contributed by atoms with van der Waals surface area (Å²) >= 11 is 0. The zero-order valence-electron chi connectivity index (χ0n) is 8.01. The highest BCUT2D eigenvalue weighted by atomic mass is 19.3. The van der Waals surface area contributed by atoms with E-state index in [0.29, 0.717) is 0 Å². The molecular formula is C9H11F3N2O. The second-order valence-corrected chi connectivity index (χ2v) is 2.87. The van der Waals surface area contributed by atoms with E-state index in [4.69, 9.17) is 10.6 Å². The number of hydrazine groups is 1. The lowest BCUT2D eigenvalue weighted by Gasteiger charge is -2.18. The van der Waals surface area contributed by atoms with Crippen molar-refractivity contribution in [3.63, 3.8) is 0 Å². The smallest absolute Gasteiger partial charge is 0.259 e. The van der Waals surface area contributed by atoms with Gasteiger partial charge in [-0.25, -0.2) is 18.6 Å². The summed E-state index contributed by atoms with van der Waals surface area (Å²) in [5, 5.41) is 0. The van der Waals surface area contributed by atoms with Crippen molar-refractivity contribution in [3.05, 3.63) is 29.6 Å². The Labute approximate surface area is 85.0 Å². The number of hydrogen-bond acceptors (Lipinski definition) is 3. The first kappa shape index (κ1) is 11.8. The van der Waals surface area contributed by atoms with Gasteiger partial charge in [0.1, 0.15) is 17.6 Å². The molecule has 1 unspecified atom stereocenters. The quantitative estimate of drug-likeness (QED) is 0.598. The van der Waals surface area contributed by atoms with Gasteiger partial charge in [-0.3, -0.25) is 5.84 Å². The van der Waals surface area contributed by atoms with Crippen LogP contribution in [0.25, 0.3) is 0 Å². The van der Waals surface area contributed by atoms with E-state index < -0.39 is 18.3 Å². The van der Waals surface area contributed by atoms with Gasteiger partial charge in [0.05, 0.1) is 7.11 Å². The van der Waals surface area contributed by atoms with Crippen LogP contribution in [0.1, 0.15) is 11.6 Å². The second-order valence-electron chi connectivity index (χ2n) is 2.87. The third kappa shape index (κ3) is 2.60. The Morgan fingerprint density at radius 3 is 2.53 bits per heavy atom. The maximum absolute atomic E-state index is 12.9. The van der Waals surface area contributed by atoms with Crippen LogP contribution in [0.15, 0.2) is 18.2 Å². The molecule has 0 aromatic heterocycles. The van der Waals surface area contributed by atoms with Crippen molar-refractivity contribution in [2.75, 3.05) is 7.11 Å². The minimum absolute atomic E-state index is 0.00463. The highest BCUT2D eigenvalue weighted by molar-refractivity contribution is 5.36. The molecule has 0 aliphatic rings. The first-order chi connectivity index (χ1) is 7.10. The minimum Gasteiger partial charge on any atom is -0.496 e. The Bertz CT molecular complexity index is 333. The molecule has 0 aliphatic carbocycles. The molecule has 0 heterocycles. The van der Waals surface area contributed by atoms with Crippen LogP contribution in [0.5, 0.6) is 5.75 Å². The first-order valence-electron chi connectivity index (χ1n) is 4.18. The topological polar surface area (TPSA) is 47.3 Å². The SMILES string of the molecule is COc1ccc(F)cc1C(NN)C(F)F. The lowest BCUT2D eigenvalue weighted by molar-refractivity contribution is 0.0971. The minimum atomic E-state index is -2.74. The summed E-state index contributed by atoms with van der Waals surface area (Å²) < 4.78 is 42.7. The predicted octanol–water partition coefficient (Wildman–Crippen LogP) is 1.60. The van der Waals surface area contributed by atoms with Crippen LogP contribution >= 0.6 is 0 Å². The maximum atomic E-state index is 12.9.